The minimum absolute atomic E-state index is 0.350. The predicted octanol–water partition coefficient (Wildman–Crippen LogP) is 4.63. The van der Waals surface area contributed by atoms with E-state index in [0.717, 1.165) is 43.9 Å². The summed E-state index contributed by atoms with van der Waals surface area (Å²) in [4.78, 5) is 11.8. The predicted molar refractivity (Wildman–Crippen MR) is 135 cm³/mol. The van der Waals surface area contributed by atoms with Crippen molar-refractivity contribution in [1.82, 2.24) is 14.9 Å². The van der Waals surface area contributed by atoms with Crippen molar-refractivity contribution in [3.8, 4) is 17.2 Å². The van der Waals surface area contributed by atoms with E-state index in [0.29, 0.717) is 35.1 Å². The Balaban J connectivity index is 1.40. The molecule has 8 heteroatoms. The molecule has 180 valence electrons. The summed E-state index contributed by atoms with van der Waals surface area (Å²) in [7, 11) is 4.79. The number of ether oxygens (including phenoxy) is 3. The van der Waals surface area contributed by atoms with Crippen LogP contribution in [0, 0.1) is 6.92 Å². The highest BCUT2D eigenvalue weighted by atomic mass is 16.5. The second-order valence-corrected chi connectivity index (χ2v) is 8.44. The van der Waals surface area contributed by atoms with E-state index in [1.165, 1.54) is 5.56 Å². The smallest absolute Gasteiger partial charge is 0.225 e. The van der Waals surface area contributed by atoms with E-state index in [9.17, 15) is 0 Å². The number of piperidine rings is 1. The summed E-state index contributed by atoms with van der Waals surface area (Å²) < 4.78 is 16.3. The molecule has 2 aromatic carbocycles. The van der Waals surface area contributed by atoms with Crippen molar-refractivity contribution < 1.29 is 14.2 Å². The van der Waals surface area contributed by atoms with Gasteiger partial charge in [-0.15, -0.1) is 0 Å². The number of likely N-dealkylation sites (tertiary alicyclic amines) is 1. The first-order chi connectivity index (χ1) is 16.6. The molecule has 0 amide bonds. The Hall–Kier alpha value is -3.52. The summed E-state index contributed by atoms with van der Waals surface area (Å²) in [5, 5.41) is 6.88. The topological polar surface area (TPSA) is 80.8 Å². The van der Waals surface area contributed by atoms with Crippen LogP contribution < -0.4 is 24.8 Å². The highest BCUT2D eigenvalue weighted by Crippen LogP contribution is 2.40. The molecular weight excluding hydrogens is 430 g/mol. The fourth-order valence-electron chi connectivity index (χ4n) is 4.26. The lowest BCUT2D eigenvalue weighted by Gasteiger charge is -2.32. The average Bonchev–Trinajstić information content (AvgIpc) is 2.85. The molecule has 0 unspecified atom stereocenters. The number of benzene rings is 2. The number of aromatic nitrogens is 2. The van der Waals surface area contributed by atoms with Gasteiger partial charge in [0.05, 0.1) is 21.3 Å². The van der Waals surface area contributed by atoms with Crippen LogP contribution in [0.3, 0.4) is 0 Å². The van der Waals surface area contributed by atoms with Gasteiger partial charge in [0.25, 0.3) is 0 Å². The quantitative estimate of drug-likeness (QED) is 0.475. The van der Waals surface area contributed by atoms with Gasteiger partial charge in [-0.05, 0) is 25.3 Å². The van der Waals surface area contributed by atoms with Crippen molar-refractivity contribution in [1.29, 1.82) is 0 Å². The number of nitrogens with zero attached hydrogens (tertiary/aromatic N) is 3. The summed E-state index contributed by atoms with van der Waals surface area (Å²) in [5.41, 5.74) is 3.03. The average molecular weight is 464 g/mol. The molecule has 0 saturated carbocycles. The second-order valence-electron chi connectivity index (χ2n) is 8.44. The van der Waals surface area contributed by atoms with E-state index in [1.54, 1.807) is 21.3 Å². The summed E-state index contributed by atoms with van der Waals surface area (Å²) in [6.45, 7) is 5.07. The molecular formula is C26H33N5O3. The molecule has 1 fully saturated rings. The maximum Gasteiger partial charge on any atom is 0.225 e. The van der Waals surface area contributed by atoms with Crippen LogP contribution in [-0.4, -0.2) is 55.3 Å². The Morgan fingerprint density at radius 3 is 2.21 bits per heavy atom. The van der Waals surface area contributed by atoms with Gasteiger partial charge in [0.2, 0.25) is 11.7 Å². The number of hydrogen-bond acceptors (Lipinski definition) is 8. The minimum atomic E-state index is 0.350. The van der Waals surface area contributed by atoms with Crippen molar-refractivity contribution in [2.24, 2.45) is 0 Å². The Bertz CT molecular complexity index is 1060. The summed E-state index contributed by atoms with van der Waals surface area (Å²) >= 11 is 0. The Morgan fingerprint density at radius 1 is 0.912 bits per heavy atom. The third-order valence-electron chi connectivity index (χ3n) is 5.96. The summed E-state index contributed by atoms with van der Waals surface area (Å²) in [5.74, 6) is 3.05. The van der Waals surface area contributed by atoms with Crippen LogP contribution in [0.1, 0.15) is 24.1 Å². The Kier molecular flexibility index (Phi) is 7.69. The van der Waals surface area contributed by atoms with E-state index in [1.807, 2.05) is 25.1 Å². The van der Waals surface area contributed by atoms with Crippen molar-refractivity contribution in [2.45, 2.75) is 32.4 Å². The molecule has 34 heavy (non-hydrogen) atoms. The van der Waals surface area contributed by atoms with Gasteiger partial charge < -0.3 is 24.8 Å². The molecule has 0 radical (unpaired) electrons. The third kappa shape index (κ3) is 5.88. The first kappa shape index (κ1) is 23.6. The van der Waals surface area contributed by atoms with Crippen LogP contribution in [-0.2, 0) is 6.54 Å². The molecule has 8 nitrogen and oxygen atoms in total. The lowest BCUT2D eigenvalue weighted by molar-refractivity contribution is 0.211. The zero-order valence-corrected chi connectivity index (χ0v) is 20.3. The maximum absolute atomic E-state index is 5.46. The van der Waals surface area contributed by atoms with Gasteiger partial charge in [0.1, 0.15) is 5.82 Å². The SMILES string of the molecule is COc1cc(Nc2cc(C)nc(NC3CCN(Cc4ccccc4)CC3)n2)cc(OC)c1OC. The first-order valence-electron chi connectivity index (χ1n) is 11.5. The molecule has 1 aromatic heterocycles. The van der Waals surface area contributed by atoms with Crippen LogP contribution in [0.4, 0.5) is 17.5 Å². The monoisotopic (exact) mass is 463 g/mol. The Morgan fingerprint density at radius 2 is 1.59 bits per heavy atom. The second kappa shape index (κ2) is 11.1. The highest BCUT2D eigenvalue weighted by molar-refractivity contribution is 5.67. The van der Waals surface area contributed by atoms with E-state index >= 15 is 0 Å². The number of rotatable bonds is 9. The van der Waals surface area contributed by atoms with Gasteiger partial charge in [-0.1, -0.05) is 30.3 Å². The summed E-state index contributed by atoms with van der Waals surface area (Å²) in [6.07, 6.45) is 2.11. The lowest BCUT2D eigenvalue weighted by atomic mass is 10.0. The normalized spacial score (nSPS) is 14.5. The van der Waals surface area contributed by atoms with Crippen LogP contribution in [0.15, 0.2) is 48.5 Å². The van der Waals surface area contributed by atoms with Crippen LogP contribution in [0.2, 0.25) is 0 Å². The molecule has 1 saturated heterocycles. The molecule has 1 aliphatic heterocycles. The molecule has 2 heterocycles. The largest absolute Gasteiger partial charge is 0.493 e. The first-order valence-corrected chi connectivity index (χ1v) is 11.5. The van der Waals surface area contributed by atoms with Gasteiger partial charge in [-0.2, -0.15) is 4.98 Å². The lowest BCUT2D eigenvalue weighted by Crippen LogP contribution is -2.39. The van der Waals surface area contributed by atoms with Gasteiger partial charge in [0, 0.05) is 55.3 Å². The van der Waals surface area contributed by atoms with E-state index in [-0.39, 0.29) is 0 Å². The molecule has 1 aliphatic rings. The molecule has 0 spiro atoms. The van der Waals surface area contributed by atoms with Crippen molar-refractivity contribution in [3.05, 3.63) is 59.8 Å². The molecule has 0 bridgehead atoms. The minimum Gasteiger partial charge on any atom is -0.493 e. The molecule has 3 aromatic rings. The van der Waals surface area contributed by atoms with Gasteiger partial charge >= 0.3 is 0 Å². The van der Waals surface area contributed by atoms with Gasteiger partial charge in [-0.3, -0.25) is 4.90 Å². The zero-order chi connectivity index (χ0) is 23.9. The van der Waals surface area contributed by atoms with Crippen molar-refractivity contribution in [2.75, 3.05) is 45.1 Å². The number of methoxy groups -OCH3 is 3. The fraction of sp³-hybridized carbons (Fsp3) is 0.385. The number of aryl methyl sites for hydroxylation is 1. The van der Waals surface area contributed by atoms with Crippen LogP contribution in [0.25, 0.3) is 0 Å². The number of hydrogen-bond donors (Lipinski definition) is 2. The summed E-state index contributed by atoms with van der Waals surface area (Å²) in [6, 6.07) is 16.6. The molecule has 0 aliphatic carbocycles. The van der Waals surface area contributed by atoms with E-state index < -0.39 is 0 Å². The van der Waals surface area contributed by atoms with E-state index in [4.69, 9.17) is 19.2 Å². The Labute approximate surface area is 201 Å². The highest BCUT2D eigenvalue weighted by Gasteiger charge is 2.20. The standard InChI is InChI=1S/C26H33N5O3/c1-18-14-24(28-21-15-22(32-2)25(34-4)23(16-21)33-3)30-26(27-18)29-20-10-12-31(13-11-20)17-19-8-6-5-7-9-19/h5-9,14-16,20H,10-13,17H2,1-4H3,(H2,27,28,29,30). The molecule has 0 atom stereocenters. The fourth-order valence-corrected chi connectivity index (χ4v) is 4.26. The van der Waals surface area contributed by atoms with Crippen LogP contribution in [0.5, 0.6) is 17.2 Å². The molecule has 4 rings (SSSR count). The zero-order valence-electron chi connectivity index (χ0n) is 20.3. The number of anilines is 3. The third-order valence-corrected chi connectivity index (χ3v) is 5.96. The van der Waals surface area contributed by atoms with Crippen molar-refractivity contribution in [3.63, 3.8) is 0 Å². The van der Waals surface area contributed by atoms with Gasteiger partial charge in [0.15, 0.2) is 11.5 Å². The van der Waals surface area contributed by atoms with Crippen LogP contribution >= 0.6 is 0 Å². The van der Waals surface area contributed by atoms with E-state index in [2.05, 4.69) is 50.8 Å². The van der Waals surface area contributed by atoms with Gasteiger partial charge in [-0.25, -0.2) is 4.98 Å². The number of nitrogens with one attached hydrogen (secondary N) is 2. The van der Waals surface area contributed by atoms with Crippen molar-refractivity contribution >= 4 is 17.5 Å². The maximum atomic E-state index is 5.46. The molecule has 2 N–H and O–H groups in total.